The Morgan fingerprint density at radius 1 is 2.00 bits per heavy atom. The Kier molecular flexibility index (Phi) is 1.21. The number of thiazole rings is 1. The second kappa shape index (κ2) is 1.87. The highest BCUT2D eigenvalue weighted by Crippen LogP contribution is 2.11. The molecule has 0 amide bonds. The molecule has 0 aliphatic rings. The van der Waals surface area contributed by atoms with E-state index in [2.05, 4.69) is 11.2 Å². The summed E-state index contributed by atoms with van der Waals surface area (Å²) in [6.07, 6.45) is 2.34. The van der Waals surface area contributed by atoms with Crippen molar-refractivity contribution in [3.8, 4) is 0 Å². The monoisotopic (exact) mass is 129 g/mol. The minimum absolute atomic E-state index is 0.106. The van der Waals surface area contributed by atoms with E-state index in [1.165, 1.54) is 5.38 Å². The van der Waals surface area contributed by atoms with Crippen LogP contribution in [0.15, 0.2) is 5.38 Å². The fourth-order valence-corrected chi connectivity index (χ4v) is 0.673. The van der Waals surface area contributed by atoms with Gasteiger partial charge in [-0.15, -0.1) is 0 Å². The molecule has 1 radical (unpaired) electrons. The van der Waals surface area contributed by atoms with E-state index in [4.69, 9.17) is 0 Å². The van der Waals surface area contributed by atoms with Gasteiger partial charge < -0.3 is 10.1 Å². The van der Waals surface area contributed by atoms with Crippen molar-refractivity contribution in [2.24, 2.45) is 0 Å². The van der Waals surface area contributed by atoms with Gasteiger partial charge in [-0.25, -0.2) is 0 Å². The van der Waals surface area contributed by atoms with Gasteiger partial charge in [0.15, 0.2) is 0 Å². The second-order valence-corrected chi connectivity index (χ2v) is 1.85. The molecule has 0 spiro atoms. The van der Waals surface area contributed by atoms with Gasteiger partial charge in [0.25, 0.3) is 0 Å². The summed E-state index contributed by atoms with van der Waals surface area (Å²) < 4.78 is 0. The Morgan fingerprint density at radius 3 is 3.00 bits per heavy atom. The zero-order chi connectivity index (χ0) is 5.98. The van der Waals surface area contributed by atoms with Crippen LogP contribution < -0.4 is 0 Å². The summed E-state index contributed by atoms with van der Waals surface area (Å²) in [5.74, 6) is 0. The van der Waals surface area contributed by atoms with E-state index < -0.39 is 4.92 Å². The van der Waals surface area contributed by atoms with Crippen LogP contribution >= 0.6 is 11.3 Å². The second-order valence-electron chi connectivity index (χ2n) is 1.02. The maximum atomic E-state index is 9.80. The topological polar surface area (TPSA) is 56.0 Å². The molecular weight excluding hydrogens is 128 g/mol. The van der Waals surface area contributed by atoms with Crippen LogP contribution in [0.3, 0.4) is 0 Å². The van der Waals surface area contributed by atoms with Gasteiger partial charge in [0.05, 0.1) is 5.38 Å². The van der Waals surface area contributed by atoms with Crippen molar-refractivity contribution in [2.45, 2.75) is 0 Å². The number of nitrogens with zero attached hydrogens (tertiary/aromatic N) is 2. The SMILES string of the molecule is O=[N+]([O-])c1n[c]cs1. The molecule has 0 unspecified atom stereocenters. The number of nitro groups is 1. The van der Waals surface area contributed by atoms with Crippen LogP contribution in [0.4, 0.5) is 5.13 Å². The summed E-state index contributed by atoms with van der Waals surface area (Å²) in [5.41, 5.74) is 0. The molecule has 1 aromatic heterocycles. The molecule has 1 aromatic rings. The number of aromatic nitrogens is 1. The van der Waals surface area contributed by atoms with E-state index in [9.17, 15) is 10.1 Å². The number of hydrogen-bond acceptors (Lipinski definition) is 4. The van der Waals surface area contributed by atoms with Crippen molar-refractivity contribution in [1.82, 2.24) is 4.98 Å². The van der Waals surface area contributed by atoms with Crippen LogP contribution in [0.25, 0.3) is 0 Å². The van der Waals surface area contributed by atoms with Crippen molar-refractivity contribution in [3.05, 3.63) is 21.7 Å². The van der Waals surface area contributed by atoms with Gasteiger partial charge in [-0.3, -0.25) is 0 Å². The molecule has 0 saturated heterocycles. The van der Waals surface area contributed by atoms with Gasteiger partial charge in [-0.05, 0) is 21.2 Å². The van der Waals surface area contributed by atoms with Crippen LogP contribution in [0.2, 0.25) is 0 Å². The lowest BCUT2D eigenvalue weighted by Crippen LogP contribution is -1.83. The largest absolute Gasteiger partial charge is 0.423 e. The highest BCUT2D eigenvalue weighted by molar-refractivity contribution is 7.12. The molecule has 0 saturated carbocycles. The number of hydrogen-bond donors (Lipinski definition) is 0. The van der Waals surface area contributed by atoms with Crippen LogP contribution in [-0.4, -0.2) is 9.91 Å². The van der Waals surface area contributed by atoms with E-state index in [0.717, 1.165) is 11.3 Å². The predicted octanol–water partition coefficient (Wildman–Crippen LogP) is 0.851. The Hall–Kier alpha value is -0.970. The van der Waals surface area contributed by atoms with Crippen molar-refractivity contribution in [3.63, 3.8) is 0 Å². The third-order valence-electron chi connectivity index (χ3n) is 0.533. The third kappa shape index (κ3) is 0.812. The maximum Gasteiger partial charge on any atom is 0.423 e. The van der Waals surface area contributed by atoms with Gasteiger partial charge in [0, 0.05) is 0 Å². The molecule has 0 N–H and O–H groups in total. The summed E-state index contributed by atoms with van der Waals surface area (Å²) in [6, 6.07) is 0. The summed E-state index contributed by atoms with van der Waals surface area (Å²) in [4.78, 5) is 12.6. The fourth-order valence-electron chi connectivity index (χ4n) is 0.271. The first-order valence-electron chi connectivity index (χ1n) is 1.76. The lowest BCUT2D eigenvalue weighted by atomic mass is 11.0. The number of rotatable bonds is 1. The summed E-state index contributed by atoms with van der Waals surface area (Å²) in [7, 11) is 0. The molecule has 0 aliphatic carbocycles. The first-order valence-corrected chi connectivity index (χ1v) is 2.64. The van der Waals surface area contributed by atoms with Crippen LogP contribution in [0, 0.1) is 16.3 Å². The standard InChI is InChI=1S/C3HN2O2S/c6-5(7)3-4-1-2-8-3/h2H. The minimum atomic E-state index is -0.541. The van der Waals surface area contributed by atoms with Crippen LogP contribution in [0.5, 0.6) is 0 Å². The molecule has 0 aromatic carbocycles. The van der Waals surface area contributed by atoms with E-state index in [1.807, 2.05) is 0 Å². The maximum absolute atomic E-state index is 9.80. The van der Waals surface area contributed by atoms with Crippen LogP contribution in [-0.2, 0) is 0 Å². The van der Waals surface area contributed by atoms with Gasteiger partial charge in [0.1, 0.15) is 0 Å². The molecule has 1 rings (SSSR count). The van der Waals surface area contributed by atoms with E-state index >= 15 is 0 Å². The van der Waals surface area contributed by atoms with Crippen molar-refractivity contribution >= 4 is 16.5 Å². The van der Waals surface area contributed by atoms with E-state index in [1.54, 1.807) is 0 Å². The zero-order valence-corrected chi connectivity index (χ0v) is 4.51. The molecule has 8 heavy (non-hydrogen) atoms. The Bertz CT molecular complexity index is 183. The van der Waals surface area contributed by atoms with Gasteiger partial charge in [0.2, 0.25) is 6.20 Å². The smallest absolute Gasteiger partial charge is 0.357 e. The molecule has 0 fully saturated rings. The van der Waals surface area contributed by atoms with Gasteiger partial charge in [-0.2, -0.15) is 0 Å². The Labute approximate surface area is 48.9 Å². The van der Waals surface area contributed by atoms with Crippen LogP contribution in [0.1, 0.15) is 0 Å². The van der Waals surface area contributed by atoms with Crippen molar-refractivity contribution in [2.75, 3.05) is 0 Å². The normalized spacial score (nSPS) is 9.00. The molecule has 41 valence electrons. The Balaban J connectivity index is 2.93. The fraction of sp³-hybridized carbons (Fsp3) is 0. The van der Waals surface area contributed by atoms with Crippen molar-refractivity contribution in [1.29, 1.82) is 0 Å². The summed E-state index contributed by atoms with van der Waals surface area (Å²) >= 11 is 0.965. The van der Waals surface area contributed by atoms with E-state index in [0.29, 0.717) is 0 Å². The van der Waals surface area contributed by atoms with Crippen molar-refractivity contribution < 1.29 is 4.92 Å². The average Bonchev–Trinajstić information content (AvgIpc) is 2.12. The third-order valence-corrected chi connectivity index (χ3v) is 1.21. The highest BCUT2D eigenvalue weighted by Gasteiger charge is 2.04. The lowest BCUT2D eigenvalue weighted by molar-refractivity contribution is -0.384. The molecule has 1 heterocycles. The molecule has 0 aliphatic heterocycles. The van der Waals surface area contributed by atoms with Gasteiger partial charge in [-0.1, -0.05) is 0 Å². The average molecular weight is 129 g/mol. The quantitative estimate of drug-likeness (QED) is 0.417. The first-order chi connectivity index (χ1) is 3.80. The van der Waals surface area contributed by atoms with Gasteiger partial charge >= 0.3 is 5.13 Å². The minimum Gasteiger partial charge on any atom is -0.357 e. The predicted molar refractivity (Wildman–Crippen MR) is 27.6 cm³/mol. The summed E-state index contributed by atoms with van der Waals surface area (Å²) in [5, 5.41) is 11.1. The summed E-state index contributed by atoms with van der Waals surface area (Å²) in [6.45, 7) is 0. The first kappa shape index (κ1) is 5.17. The lowest BCUT2D eigenvalue weighted by Gasteiger charge is -1.80. The molecule has 5 heteroatoms. The highest BCUT2D eigenvalue weighted by atomic mass is 32.1. The van der Waals surface area contributed by atoms with E-state index in [-0.39, 0.29) is 5.13 Å². The molecule has 4 nitrogen and oxygen atoms in total. The molecular formula is C3HN2O2S. The zero-order valence-electron chi connectivity index (χ0n) is 3.70. The molecule has 0 bridgehead atoms. The molecule has 0 atom stereocenters. The Morgan fingerprint density at radius 2 is 2.75 bits per heavy atom.